The van der Waals surface area contributed by atoms with Gasteiger partial charge in [-0.2, -0.15) is 0 Å². The first kappa shape index (κ1) is 17.3. The van der Waals surface area contributed by atoms with Gasteiger partial charge in [0.25, 0.3) is 0 Å². The number of hydrogen-bond donors (Lipinski definition) is 0. The van der Waals surface area contributed by atoms with Crippen molar-refractivity contribution in [3.8, 4) is 0 Å². The van der Waals surface area contributed by atoms with Crippen LogP contribution in [0.1, 0.15) is 48.5 Å². The standard InChI is InChI=1S/C22H27NO3/c1-16-8-10-17(11-9-16)19(15-18-5-4-13-25-18)22(24)23-12-14-26-21-7-3-2-6-20(21)23/h4-5,8-11,13,19-21H,2-3,6-7,12,14-15H2,1H3. The number of morpholine rings is 1. The number of furan rings is 1. The van der Waals surface area contributed by atoms with Crippen LogP contribution in [0.25, 0.3) is 0 Å². The Kier molecular flexibility index (Phi) is 5.11. The van der Waals surface area contributed by atoms with E-state index < -0.39 is 0 Å². The third-order valence-electron chi connectivity index (χ3n) is 5.78. The van der Waals surface area contributed by atoms with E-state index in [1.165, 1.54) is 18.4 Å². The second-order valence-electron chi connectivity index (χ2n) is 7.54. The molecule has 2 aromatic rings. The number of rotatable bonds is 4. The molecule has 138 valence electrons. The molecule has 2 fully saturated rings. The Balaban J connectivity index is 1.61. The Hall–Kier alpha value is -2.07. The van der Waals surface area contributed by atoms with Gasteiger partial charge >= 0.3 is 0 Å². The highest BCUT2D eigenvalue weighted by Crippen LogP contribution is 2.32. The SMILES string of the molecule is Cc1ccc(C(Cc2ccco2)C(=O)N2CCOC3CCCCC32)cc1. The number of benzene rings is 1. The second-order valence-corrected chi connectivity index (χ2v) is 7.54. The molecule has 2 aliphatic rings. The molecular formula is C22H27NO3. The average molecular weight is 353 g/mol. The first-order valence-electron chi connectivity index (χ1n) is 9.73. The summed E-state index contributed by atoms with van der Waals surface area (Å²) < 4.78 is 11.5. The van der Waals surface area contributed by atoms with Crippen molar-refractivity contribution in [2.75, 3.05) is 13.2 Å². The maximum absolute atomic E-state index is 13.6. The van der Waals surface area contributed by atoms with Crippen LogP contribution in [0.5, 0.6) is 0 Å². The minimum absolute atomic E-state index is 0.206. The van der Waals surface area contributed by atoms with Gasteiger partial charge < -0.3 is 14.1 Å². The van der Waals surface area contributed by atoms with Crippen molar-refractivity contribution in [2.24, 2.45) is 0 Å². The predicted octanol–water partition coefficient (Wildman–Crippen LogP) is 4.08. The molecule has 4 nitrogen and oxygen atoms in total. The van der Waals surface area contributed by atoms with Gasteiger partial charge in [0, 0.05) is 13.0 Å². The normalized spacial score (nSPS) is 24.1. The number of amides is 1. The molecule has 4 heteroatoms. The quantitative estimate of drug-likeness (QED) is 0.832. The summed E-state index contributed by atoms with van der Waals surface area (Å²) >= 11 is 0. The van der Waals surface area contributed by atoms with Crippen molar-refractivity contribution in [1.82, 2.24) is 4.90 Å². The van der Waals surface area contributed by atoms with Gasteiger partial charge in [0.15, 0.2) is 0 Å². The van der Waals surface area contributed by atoms with Gasteiger partial charge in [0.1, 0.15) is 5.76 Å². The van der Waals surface area contributed by atoms with Crippen molar-refractivity contribution in [2.45, 2.75) is 57.1 Å². The summed E-state index contributed by atoms with van der Waals surface area (Å²) in [4.78, 5) is 15.7. The first-order valence-corrected chi connectivity index (χ1v) is 9.73. The van der Waals surface area contributed by atoms with Gasteiger partial charge in [-0.15, -0.1) is 0 Å². The number of fused-ring (bicyclic) bond motifs is 1. The van der Waals surface area contributed by atoms with Crippen LogP contribution in [-0.2, 0) is 16.0 Å². The summed E-state index contributed by atoms with van der Waals surface area (Å²) in [6.45, 7) is 3.41. The third-order valence-corrected chi connectivity index (χ3v) is 5.78. The Morgan fingerprint density at radius 1 is 1.19 bits per heavy atom. The lowest BCUT2D eigenvalue weighted by Gasteiger charge is -2.45. The smallest absolute Gasteiger partial charge is 0.230 e. The van der Waals surface area contributed by atoms with Crippen LogP contribution in [0.3, 0.4) is 0 Å². The summed E-state index contributed by atoms with van der Waals surface area (Å²) in [5, 5.41) is 0. The number of carbonyl (C=O) groups is 1. The molecule has 0 radical (unpaired) electrons. The van der Waals surface area contributed by atoms with Crippen LogP contribution >= 0.6 is 0 Å². The summed E-state index contributed by atoms with van der Waals surface area (Å²) in [5.74, 6) is 0.866. The lowest BCUT2D eigenvalue weighted by atomic mass is 9.87. The minimum Gasteiger partial charge on any atom is -0.469 e. The fraction of sp³-hybridized carbons (Fsp3) is 0.500. The number of nitrogens with zero attached hydrogens (tertiary/aromatic N) is 1. The number of hydrogen-bond acceptors (Lipinski definition) is 3. The lowest BCUT2D eigenvalue weighted by molar-refractivity contribution is -0.151. The van der Waals surface area contributed by atoms with Crippen molar-refractivity contribution in [3.63, 3.8) is 0 Å². The van der Waals surface area contributed by atoms with E-state index in [9.17, 15) is 4.79 Å². The Bertz CT molecular complexity index is 720. The number of ether oxygens (including phenoxy) is 1. The molecule has 1 saturated heterocycles. The fourth-order valence-electron chi connectivity index (χ4n) is 4.35. The predicted molar refractivity (Wildman–Crippen MR) is 100 cm³/mol. The molecule has 26 heavy (non-hydrogen) atoms. The van der Waals surface area contributed by atoms with Crippen molar-refractivity contribution in [3.05, 3.63) is 59.5 Å². The molecule has 3 atom stereocenters. The fourth-order valence-corrected chi connectivity index (χ4v) is 4.35. The summed E-state index contributed by atoms with van der Waals surface area (Å²) in [7, 11) is 0. The van der Waals surface area contributed by atoms with E-state index in [1.807, 2.05) is 12.1 Å². The largest absolute Gasteiger partial charge is 0.469 e. The highest BCUT2D eigenvalue weighted by Gasteiger charge is 2.39. The van der Waals surface area contributed by atoms with Crippen LogP contribution < -0.4 is 0 Å². The monoisotopic (exact) mass is 353 g/mol. The molecular weight excluding hydrogens is 326 g/mol. The minimum atomic E-state index is -0.206. The van der Waals surface area contributed by atoms with Gasteiger partial charge in [-0.3, -0.25) is 4.79 Å². The molecule has 2 heterocycles. The zero-order chi connectivity index (χ0) is 17.9. The average Bonchev–Trinajstić information content (AvgIpc) is 3.19. The highest BCUT2D eigenvalue weighted by molar-refractivity contribution is 5.84. The van der Waals surface area contributed by atoms with Crippen LogP contribution in [0, 0.1) is 6.92 Å². The second kappa shape index (κ2) is 7.67. The zero-order valence-corrected chi connectivity index (χ0v) is 15.4. The molecule has 0 N–H and O–H groups in total. The van der Waals surface area contributed by atoms with Crippen LogP contribution in [0.4, 0.5) is 0 Å². The lowest BCUT2D eigenvalue weighted by Crippen LogP contribution is -2.56. The molecule has 0 spiro atoms. The topological polar surface area (TPSA) is 42.7 Å². The van der Waals surface area contributed by atoms with E-state index in [4.69, 9.17) is 9.15 Å². The van der Waals surface area contributed by atoms with E-state index in [2.05, 4.69) is 36.1 Å². The van der Waals surface area contributed by atoms with Crippen LogP contribution in [0.2, 0.25) is 0 Å². The van der Waals surface area contributed by atoms with Crippen molar-refractivity contribution < 1.29 is 13.9 Å². The molecule has 3 unspecified atom stereocenters. The Morgan fingerprint density at radius 3 is 2.77 bits per heavy atom. The summed E-state index contributed by atoms with van der Waals surface area (Å²) in [6, 6.07) is 12.4. The van der Waals surface area contributed by atoms with Crippen molar-refractivity contribution >= 4 is 5.91 Å². The molecule has 1 aliphatic carbocycles. The van der Waals surface area contributed by atoms with E-state index in [-0.39, 0.29) is 24.0 Å². The van der Waals surface area contributed by atoms with Gasteiger partial charge in [0.2, 0.25) is 5.91 Å². The molecule has 1 aromatic carbocycles. The molecule has 0 bridgehead atoms. The molecule has 1 aliphatic heterocycles. The van der Waals surface area contributed by atoms with E-state index in [1.54, 1.807) is 6.26 Å². The highest BCUT2D eigenvalue weighted by atomic mass is 16.5. The van der Waals surface area contributed by atoms with E-state index >= 15 is 0 Å². The number of aryl methyl sites for hydroxylation is 1. The molecule has 4 rings (SSSR count). The van der Waals surface area contributed by atoms with Gasteiger partial charge in [-0.05, 0) is 37.5 Å². The Morgan fingerprint density at radius 2 is 2.00 bits per heavy atom. The molecule has 1 saturated carbocycles. The van der Waals surface area contributed by atoms with E-state index in [0.717, 1.165) is 24.2 Å². The van der Waals surface area contributed by atoms with E-state index in [0.29, 0.717) is 19.6 Å². The van der Waals surface area contributed by atoms with Gasteiger partial charge in [-0.25, -0.2) is 0 Å². The maximum Gasteiger partial charge on any atom is 0.230 e. The molecule has 1 amide bonds. The number of carbonyl (C=O) groups excluding carboxylic acids is 1. The first-order chi connectivity index (χ1) is 12.7. The van der Waals surface area contributed by atoms with Crippen LogP contribution in [0.15, 0.2) is 47.1 Å². The zero-order valence-electron chi connectivity index (χ0n) is 15.4. The van der Waals surface area contributed by atoms with Gasteiger partial charge in [-0.1, -0.05) is 42.7 Å². The van der Waals surface area contributed by atoms with Gasteiger partial charge in [0.05, 0.1) is 30.9 Å². The van der Waals surface area contributed by atoms with Crippen molar-refractivity contribution in [1.29, 1.82) is 0 Å². The van der Waals surface area contributed by atoms with Crippen LogP contribution in [-0.4, -0.2) is 36.1 Å². The molecule has 1 aromatic heterocycles. The summed E-state index contributed by atoms with van der Waals surface area (Å²) in [6.07, 6.45) is 7.00. The maximum atomic E-state index is 13.6. The summed E-state index contributed by atoms with van der Waals surface area (Å²) in [5.41, 5.74) is 2.27. The third kappa shape index (κ3) is 3.56. The Labute approximate surface area is 155 Å².